The number of aryl methyl sites for hydroxylation is 1. The summed E-state index contributed by atoms with van der Waals surface area (Å²) in [5, 5.41) is 0. The van der Waals surface area contributed by atoms with Crippen LogP contribution in [0, 0.1) is 17.6 Å². The van der Waals surface area contributed by atoms with Gasteiger partial charge in [0.1, 0.15) is 0 Å². The molecule has 0 fully saturated rings. The van der Waals surface area contributed by atoms with E-state index in [4.69, 9.17) is 0 Å². The molecule has 1 aromatic carbocycles. The zero-order valence-corrected chi connectivity index (χ0v) is 13.7. The molecule has 120 valence electrons. The van der Waals surface area contributed by atoms with Crippen LogP contribution in [0.3, 0.4) is 0 Å². The van der Waals surface area contributed by atoms with Crippen LogP contribution in [0.15, 0.2) is 30.4 Å². The van der Waals surface area contributed by atoms with Crippen molar-refractivity contribution in [3.05, 3.63) is 53.1 Å². The highest BCUT2D eigenvalue weighted by Gasteiger charge is 2.19. The first-order chi connectivity index (χ1) is 10.7. The molecule has 2 heteroatoms. The molecular weight excluding hydrogens is 278 g/mol. The van der Waals surface area contributed by atoms with Crippen molar-refractivity contribution in [2.24, 2.45) is 5.92 Å². The Labute approximate surface area is 132 Å². The van der Waals surface area contributed by atoms with Gasteiger partial charge < -0.3 is 0 Å². The summed E-state index contributed by atoms with van der Waals surface area (Å²) in [5.74, 6) is -0.775. The van der Waals surface area contributed by atoms with Crippen molar-refractivity contribution < 1.29 is 8.78 Å². The van der Waals surface area contributed by atoms with Gasteiger partial charge in [0.2, 0.25) is 0 Å². The quantitative estimate of drug-likeness (QED) is 0.529. The third kappa shape index (κ3) is 4.06. The second-order valence-corrected chi connectivity index (χ2v) is 6.10. The van der Waals surface area contributed by atoms with Gasteiger partial charge in [-0.3, -0.25) is 0 Å². The lowest BCUT2D eigenvalue weighted by molar-refractivity contribution is 0.493. The Morgan fingerprint density at radius 2 is 2.00 bits per heavy atom. The molecule has 1 atom stereocenters. The number of benzene rings is 1. The molecule has 0 heterocycles. The van der Waals surface area contributed by atoms with Gasteiger partial charge >= 0.3 is 0 Å². The summed E-state index contributed by atoms with van der Waals surface area (Å²) in [7, 11) is 0. The van der Waals surface area contributed by atoms with Crippen molar-refractivity contribution in [2.75, 3.05) is 0 Å². The first-order valence-electron chi connectivity index (χ1n) is 8.50. The van der Waals surface area contributed by atoms with Crippen molar-refractivity contribution in [1.82, 2.24) is 0 Å². The summed E-state index contributed by atoms with van der Waals surface area (Å²) < 4.78 is 28.5. The van der Waals surface area contributed by atoms with Crippen LogP contribution in [0.25, 0.3) is 5.57 Å². The van der Waals surface area contributed by atoms with E-state index in [-0.39, 0.29) is 0 Å². The molecule has 1 aliphatic rings. The highest BCUT2D eigenvalue weighted by atomic mass is 19.2. The van der Waals surface area contributed by atoms with E-state index < -0.39 is 11.6 Å². The lowest BCUT2D eigenvalue weighted by Crippen LogP contribution is -2.05. The zero-order chi connectivity index (χ0) is 15.9. The predicted molar refractivity (Wildman–Crippen MR) is 89.7 cm³/mol. The van der Waals surface area contributed by atoms with E-state index in [0.717, 1.165) is 44.1 Å². The predicted octanol–water partition coefficient (Wildman–Crippen LogP) is 6.46. The van der Waals surface area contributed by atoms with Crippen LogP contribution >= 0.6 is 0 Å². The molecule has 0 saturated heterocycles. The molecule has 0 amide bonds. The minimum Gasteiger partial charge on any atom is -0.203 e. The van der Waals surface area contributed by atoms with Crippen molar-refractivity contribution in [2.45, 2.75) is 58.8 Å². The topological polar surface area (TPSA) is 0 Å². The van der Waals surface area contributed by atoms with E-state index in [9.17, 15) is 8.78 Å². The monoisotopic (exact) mass is 304 g/mol. The van der Waals surface area contributed by atoms with Crippen LogP contribution < -0.4 is 0 Å². The molecule has 0 radical (unpaired) electrons. The Balaban J connectivity index is 2.15. The van der Waals surface area contributed by atoms with E-state index in [1.807, 2.05) is 0 Å². The van der Waals surface area contributed by atoms with Gasteiger partial charge in [0.25, 0.3) is 0 Å². The van der Waals surface area contributed by atoms with E-state index >= 15 is 0 Å². The first-order valence-corrected chi connectivity index (χ1v) is 8.50. The summed E-state index contributed by atoms with van der Waals surface area (Å²) in [6, 6.07) is 3.52. The number of hydrogen-bond donors (Lipinski definition) is 0. The van der Waals surface area contributed by atoms with Gasteiger partial charge in [0.15, 0.2) is 11.6 Å². The van der Waals surface area contributed by atoms with Crippen molar-refractivity contribution >= 4 is 5.57 Å². The summed E-state index contributed by atoms with van der Waals surface area (Å²) in [6.45, 7) is 4.18. The molecule has 0 aromatic heterocycles. The van der Waals surface area contributed by atoms with Crippen LogP contribution in [-0.2, 0) is 6.42 Å². The van der Waals surface area contributed by atoms with Crippen LogP contribution in [0.5, 0.6) is 0 Å². The maximum absolute atomic E-state index is 14.3. The standard InChI is InChI=1S/C20H26F2/c1-3-5-7-15-9-11-16(12-10-15)18-14-13-17(8-6-4-2)19(21)20(18)22/h5,7,11,13-15H,3-4,6,8-10,12H2,1-2H3. The molecule has 1 unspecified atom stereocenters. The molecule has 1 aromatic rings. The largest absolute Gasteiger partial charge is 0.203 e. The number of halogens is 2. The van der Waals surface area contributed by atoms with Crippen molar-refractivity contribution in [3.63, 3.8) is 0 Å². The Kier molecular flexibility index (Phi) is 6.35. The Morgan fingerprint density at radius 3 is 2.64 bits per heavy atom. The zero-order valence-electron chi connectivity index (χ0n) is 13.7. The van der Waals surface area contributed by atoms with Gasteiger partial charge in [-0.15, -0.1) is 0 Å². The molecule has 2 rings (SSSR count). The summed E-state index contributed by atoms with van der Waals surface area (Å²) in [5.41, 5.74) is 1.92. The van der Waals surface area contributed by atoms with Crippen LogP contribution in [0.4, 0.5) is 8.78 Å². The molecule has 0 spiro atoms. The maximum atomic E-state index is 14.3. The summed E-state index contributed by atoms with van der Waals surface area (Å²) in [6.07, 6.45) is 12.8. The molecular formula is C20H26F2. The third-order valence-corrected chi connectivity index (χ3v) is 4.40. The number of unbranched alkanes of at least 4 members (excludes halogenated alkanes) is 1. The maximum Gasteiger partial charge on any atom is 0.166 e. The molecule has 0 nitrogen and oxygen atoms in total. The summed E-state index contributed by atoms with van der Waals surface area (Å²) >= 11 is 0. The average molecular weight is 304 g/mol. The second-order valence-electron chi connectivity index (χ2n) is 6.10. The second kappa shape index (κ2) is 8.26. The molecule has 1 aliphatic carbocycles. The Morgan fingerprint density at radius 1 is 1.18 bits per heavy atom. The minimum atomic E-state index is -0.664. The molecule has 0 saturated carbocycles. The Hall–Kier alpha value is -1.44. The van der Waals surface area contributed by atoms with E-state index in [1.54, 1.807) is 12.1 Å². The van der Waals surface area contributed by atoms with E-state index in [1.165, 1.54) is 0 Å². The lowest BCUT2D eigenvalue weighted by atomic mass is 9.85. The highest BCUT2D eigenvalue weighted by molar-refractivity contribution is 5.67. The molecule has 0 aliphatic heterocycles. The minimum absolute atomic E-state index is 0.454. The van der Waals surface area contributed by atoms with Gasteiger partial charge in [0.05, 0.1) is 0 Å². The lowest BCUT2D eigenvalue weighted by Gasteiger charge is -2.20. The van der Waals surface area contributed by atoms with Gasteiger partial charge in [-0.1, -0.05) is 50.6 Å². The summed E-state index contributed by atoms with van der Waals surface area (Å²) in [4.78, 5) is 0. The van der Waals surface area contributed by atoms with Gasteiger partial charge in [-0.25, -0.2) is 8.78 Å². The van der Waals surface area contributed by atoms with E-state index in [2.05, 4.69) is 32.1 Å². The normalized spacial score (nSPS) is 18.7. The van der Waals surface area contributed by atoms with Crippen molar-refractivity contribution in [1.29, 1.82) is 0 Å². The van der Waals surface area contributed by atoms with Crippen LogP contribution in [0.2, 0.25) is 0 Å². The first kappa shape index (κ1) is 16.9. The highest BCUT2D eigenvalue weighted by Crippen LogP contribution is 2.33. The fourth-order valence-electron chi connectivity index (χ4n) is 3.00. The molecule has 22 heavy (non-hydrogen) atoms. The fraction of sp³-hybridized carbons (Fsp3) is 0.500. The third-order valence-electron chi connectivity index (χ3n) is 4.40. The number of rotatable bonds is 6. The van der Waals surface area contributed by atoms with Gasteiger partial charge in [-0.05, 0) is 55.6 Å². The Bertz CT molecular complexity index is 555. The van der Waals surface area contributed by atoms with Gasteiger partial charge in [-0.2, -0.15) is 0 Å². The van der Waals surface area contributed by atoms with E-state index in [0.29, 0.717) is 23.5 Å². The SMILES string of the molecule is CCC=CC1CC=C(c2ccc(CCCC)c(F)c2F)CC1. The average Bonchev–Trinajstić information content (AvgIpc) is 2.55. The van der Waals surface area contributed by atoms with Crippen LogP contribution in [0.1, 0.15) is 63.5 Å². The molecule has 0 N–H and O–H groups in total. The van der Waals surface area contributed by atoms with Gasteiger partial charge in [0, 0.05) is 5.56 Å². The molecule has 0 bridgehead atoms. The van der Waals surface area contributed by atoms with Crippen LogP contribution in [-0.4, -0.2) is 0 Å². The smallest absolute Gasteiger partial charge is 0.166 e. The number of hydrogen-bond acceptors (Lipinski definition) is 0. The van der Waals surface area contributed by atoms with Crippen molar-refractivity contribution in [3.8, 4) is 0 Å². The fourth-order valence-corrected chi connectivity index (χ4v) is 3.00. The number of allylic oxidation sites excluding steroid dienone is 4.